The van der Waals surface area contributed by atoms with Gasteiger partial charge in [0.05, 0.1) is 12.2 Å². The highest BCUT2D eigenvalue weighted by Gasteiger charge is 2.28. The molecule has 0 amide bonds. The lowest BCUT2D eigenvalue weighted by Gasteiger charge is -2.26. The Balaban J connectivity index is 1.16. The number of hydrogen-bond donors (Lipinski definition) is 0. The molecule has 2 atom stereocenters. The molecule has 46 heavy (non-hydrogen) atoms. The van der Waals surface area contributed by atoms with Crippen LogP contribution in [0.3, 0.4) is 0 Å². The van der Waals surface area contributed by atoms with Gasteiger partial charge in [0.1, 0.15) is 24.3 Å². The van der Waals surface area contributed by atoms with Crippen LogP contribution in [-0.2, 0) is 22.6 Å². The molecule has 2 aliphatic heterocycles. The molecule has 10 heteroatoms. The van der Waals surface area contributed by atoms with E-state index in [1.54, 1.807) is 36.7 Å². The molecule has 0 unspecified atom stereocenters. The van der Waals surface area contributed by atoms with Crippen molar-refractivity contribution in [2.45, 2.75) is 90.8 Å². The van der Waals surface area contributed by atoms with E-state index in [4.69, 9.17) is 18.9 Å². The molecule has 1 aromatic carbocycles. The van der Waals surface area contributed by atoms with Gasteiger partial charge in [0.25, 0.3) is 0 Å². The van der Waals surface area contributed by atoms with Crippen LogP contribution in [0.2, 0.25) is 0 Å². The number of pyridine rings is 2. The lowest BCUT2D eigenvalue weighted by Crippen LogP contribution is -2.34. The molecular weight excluding hydrogens is 584 g/mol. The summed E-state index contributed by atoms with van der Waals surface area (Å²) in [6.45, 7) is 11.9. The second-order valence-corrected chi connectivity index (χ2v) is 12.6. The third-order valence-electron chi connectivity index (χ3n) is 8.25. The number of aromatic nitrogens is 2. The van der Waals surface area contributed by atoms with Crippen LogP contribution in [0.4, 0.5) is 0 Å². The Hall–Kier alpha value is -4.02. The van der Waals surface area contributed by atoms with Gasteiger partial charge in [0, 0.05) is 37.6 Å². The van der Waals surface area contributed by atoms with E-state index in [2.05, 4.69) is 44.0 Å². The Kier molecular flexibility index (Phi) is 11.6. The standard InChI is InChI=1S/C36H46N4O6/c1-25(2)45-35(41)31-14-6-16-37-33(31)43-23-29-12-8-18-39(29)21-27-10-5-11-28(20-27)22-40-19-9-13-30(40)24-44-34-32(15-7-17-38-34)36(42)46-26(3)4/h5-7,10-11,14-17,20,25-26,29-30H,8-9,12-13,18-19,21-24H2,1-4H3/t29-,30-/m0/s1. The van der Waals surface area contributed by atoms with Crippen molar-refractivity contribution >= 4 is 11.9 Å². The van der Waals surface area contributed by atoms with Crippen LogP contribution in [0, 0.1) is 0 Å². The zero-order valence-electron chi connectivity index (χ0n) is 27.4. The fraction of sp³-hybridized carbons (Fsp3) is 0.500. The second kappa shape index (κ2) is 16.0. The van der Waals surface area contributed by atoms with Crippen molar-refractivity contribution < 1.29 is 28.5 Å². The average molecular weight is 631 g/mol. The highest BCUT2D eigenvalue weighted by atomic mass is 16.6. The van der Waals surface area contributed by atoms with Gasteiger partial charge in [-0.2, -0.15) is 0 Å². The first-order valence-corrected chi connectivity index (χ1v) is 16.4. The van der Waals surface area contributed by atoms with Gasteiger partial charge < -0.3 is 18.9 Å². The number of nitrogens with zero attached hydrogens (tertiary/aromatic N) is 4. The van der Waals surface area contributed by atoms with Gasteiger partial charge in [-0.3, -0.25) is 9.80 Å². The van der Waals surface area contributed by atoms with Gasteiger partial charge in [-0.25, -0.2) is 19.6 Å². The number of carbonyl (C=O) groups excluding carboxylic acids is 2. The van der Waals surface area contributed by atoms with Gasteiger partial charge in [-0.05, 0) is 102 Å². The third-order valence-corrected chi connectivity index (χ3v) is 8.25. The number of esters is 2. The Labute approximate surface area is 272 Å². The summed E-state index contributed by atoms with van der Waals surface area (Å²) in [4.78, 5) is 38.6. The number of likely N-dealkylation sites (tertiary alicyclic amines) is 2. The number of benzene rings is 1. The summed E-state index contributed by atoms with van der Waals surface area (Å²) in [5.41, 5.74) is 3.23. The molecule has 0 aliphatic carbocycles. The van der Waals surface area contributed by atoms with E-state index in [-0.39, 0.29) is 24.3 Å². The van der Waals surface area contributed by atoms with Crippen LogP contribution in [0.5, 0.6) is 11.8 Å². The monoisotopic (exact) mass is 630 g/mol. The Morgan fingerprint density at radius 3 is 1.61 bits per heavy atom. The van der Waals surface area contributed by atoms with Gasteiger partial charge in [-0.15, -0.1) is 0 Å². The molecule has 0 N–H and O–H groups in total. The maximum absolute atomic E-state index is 12.5. The molecule has 0 bridgehead atoms. The van der Waals surface area contributed by atoms with Gasteiger partial charge in [-0.1, -0.05) is 24.3 Å². The van der Waals surface area contributed by atoms with Crippen molar-refractivity contribution in [2.75, 3.05) is 26.3 Å². The summed E-state index contributed by atoms with van der Waals surface area (Å²) in [5, 5.41) is 0. The molecule has 2 fully saturated rings. The van der Waals surface area contributed by atoms with Crippen molar-refractivity contribution in [1.29, 1.82) is 0 Å². The van der Waals surface area contributed by atoms with E-state index in [1.807, 2.05) is 27.7 Å². The maximum atomic E-state index is 12.5. The Bertz CT molecular complexity index is 1360. The topological polar surface area (TPSA) is 103 Å². The molecule has 246 valence electrons. The van der Waals surface area contributed by atoms with Crippen LogP contribution in [-0.4, -0.2) is 82.3 Å². The summed E-state index contributed by atoms with van der Waals surface area (Å²) in [5.74, 6) is -0.197. The minimum absolute atomic E-state index is 0.215. The summed E-state index contributed by atoms with van der Waals surface area (Å²) in [7, 11) is 0. The molecule has 5 rings (SSSR count). The molecule has 2 saturated heterocycles. The predicted molar refractivity (Wildman–Crippen MR) is 174 cm³/mol. The largest absolute Gasteiger partial charge is 0.475 e. The SMILES string of the molecule is CC(C)OC(=O)c1cccnc1OC[C@@H]1CCCN1Cc1cccc(CN2CCC[C@H]2COc2ncccc2C(=O)OC(C)C)c1. The fourth-order valence-corrected chi connectivity index (χ4v) is 6.11. The third kappa shape index (κ3) is 9.04. The van der Waals surface area contributed by atoms with E-state index in [9.17, 15) is 9.59 Å². The van der Waals surface area contributed by atoms with E-state index in [1.165, 1.54) is 11.1 Å². The lowest BCUT2D eigenvalue weighted by atomic mass is 10.1. The van der Waals surface area contributed by atoms with Crippen molar-refractivity contribution in [3.8, 4) is 11.8 Å². The first-order valence-electron chi connectivity index (χ1n) is 16.4. The zero-order valence-corrected chi connectivity index (χ0v) is 27.4. The van der Waals surface area contributed by atoms with Crippen LogP contribution >= 0.6 is 0 Å². The van der Waals surface area contributed by atoms with Crippen molar-refractivity contribution in [2.24, 2.45) is 0 Å². The highest BCUT2D eigenvalue weighted by Crippen LogP contribution is 2.26. The molecule has 10 nitrogen and oxygen atoms in total. The number of carbonyl (C=O) groups is 2. The average Bonchev–Trinajstić information content (AvgIpc) is 3.67. The predicted octanol–water partition coefficient (Wildman–Crippen LogP) is 5.69. The maximum Gasteiger partial charge on any atom is 0.343 e. The lowest BCUT2D eigenvalue weighted by molar-refractivity contribution is 0.0359. The molecule has 2 aliphatic rings. The number of ether oxygens (including phenoxy) is 4. The molecule has 0 radical (unpaired) electrons. The van der Waals surface area contributed by atoms with E-state index in [0.717, 1.165) is 51.9 Å². The number of rotatable bonds is 14. The van der Waals surface area contributed by atoms with Gasteiger partial charge >= 0.3 is 11.9 Å². The van der Waals surface area contributed by atoms with Crippen LogP contribution in [0.1, 0.15) is 85.2 Å². The molecular formula is C36H46N4O6. The molecule has 0 spiro atoms. The summed E-state index contributed by atoms with van der Waals surface area (Å²) >= 11 is 0. The Morgan fingerprint density at radius 1 is 0.717 bits per heavy atom. The molecule has 2 aromatic heterocycles. The van der Waals surface area contributed by atoms with Crippen LogP contribution < -0.4 is 9.47 Å². The molecule has 3 aromatic rings. The quantitative estimate of drug-likeness (QED) is 0.206. The smallest absolute Gasteiger partial charge is 0.343 e. The van der Waals surface area contributed by atoms with Gasteiger partial charge in [0.2, 0.25) is 11.8 Å². The summed E-state index contributed by atoms with van der Waals surface area (Å²) in [6, 6.07) is 16.1. The van der Waals surface area contributed by atoms with E-state index >= 15 is 0 Å². The summed E-state index contributed by atoms with van der Waals surface area (Å²) in [6.07, 6.45) is 7.09. The van der Waals surface area contributed by atoms with Crippen molar-refractivity contribution in [3.05, 3.63) is 83.2 Å². The molecule has 0 saturated carbocycles. The summed E-state index contributed by atoms with van der Waals surface area (Å²) < 4.78 is 23.0. The normalized spacial score (nSPS) is 18.7. The first-order chi connectivity index (χ1) is 22.3. The highest BCUT2D eigenvalue weighted by molar-refractivity contribution is 5.92. The number of hydrogen-bond acceptors (Lipinski definition) is 10. The van der Waals surface area contributed by atoms with Crippen LogP contribution in [0.15, 0.2) is 60.9 Å². The van der Waals surface area contributed by atoms with Crippen LogP contribution in [0.25, 0.3) is 0 Å². The Morgan fingerprint density at radius 2 is 1.17 bits per heavy atom. The first kappa shape index (κ1) is 33.3. The fourth-order valence-electron chi connectivity index (χ4n) is 6.11. The minimum atomic E-state index is -0.419. The van der Waals surface area contributed by atoms with E-state index in [0.29, 0.717) is 36.1 Å². The van der Waals surface area contributed by atoms with Crippen molar-refractivity contribution in [3.63, 3.8) is 0 Å². The molecule has 4 heterocycles. The second-order valence-electron chi connectivity index (χ2n) is 12.6. The van der Waals surface area contributed by atoms with Gasteiger partial charge in [0.15, 0.2) is 0 Å². The van der Waals surface area contributed by atoms with E-state index < -0.39 is 11.9 Å². The zero-order chi connectivity index (χ0) is 32.5. The minimum Gasteiger partial charge on any atom is -0.475 e. The van der Waals surface area contributed by atoms with Crippen molar-refractivity contribution in [1.82, 2.24) is 19.8 Å².